The van der Waals surface area contributed by atoms with E-state index in [0.29, 0.717) is 6.61 Å². The highest BCUT2D eigenvalue weighted by molar-refractivity contribution is 5.77. The lowest BCUT2D eigenvalue weighted by molar-refractivity contribution is -0.150. The number of ether oxygens (including phenoxy) is 1. The molecule has 5 rings (SSSR count). The van der Waals surface area contributed by atoms with Gasteiger partial charge in [-0.05, 0) is 49.2 Å². The zero-order valence-electron chi connectivity index (χ0n) is 21.8. The van der Waals surface area contributed by atoms with Gasteiger partial charge in [0.2, 0.25) is 0 Å². The summed E-state index contributed by atoms with van der Waals surface area (Å²) in [4.78, 5) is 30.4. The van der Waals surface area contributed by atoms with Crippen LogP contribution in [-0.4, -0.2) is 58.0 Å². The summed E-state index contributed by atoms with van der Waals surface area (Å²) in [7, 11) is 0. The van der Waals surface area contributed by atoms with Gasteiger partial charge in [0.1, 0.15) is 12.4 Å². The first kappa shape index (κ1) is 25.5. The molecular formula is C30H33N5O3. The Morgan fingerprint density at radius 1 is 0.842 bits per heavy atom. The van der Waals surface area contributed by atoms with Crippen LogP contribution in [0.3, 0.4) is 0 Å². The molecule has 4 aromatic rings. The molecule has 0 saturated carbocycles. The Morgan fingerprint density at radius 2 is 1.42 bits per heavy atom. The molecule has 1 saturated heterocycles. The molecule has 0 amide bonds. The maximum absolute atomic E-state index is 13.1. The molecule has 1 aliphatic rings. The molecule has 0 N–H and O–H groups in total. The summed E-state index contributed by atoms with van der Waals surface area (Å²) in [6.07, 6.45) is 1.58. The molecule has 2 heterocycles. The molecule has 0 spiro atoms. The lowest BCUT2D eigenvalue weighted by atomic mass is 10.0. The predicted molar refractivity (Wildman–Crippen MR) is 148 cm³/mol. The fourth-order valence-electron chi connectivity index (χ4n) is 5.05. The lowest BCUT2D eigenvalue weighted by Gasteiger charge is -2.39. The molecule has 1 aliphatic heterocycles. The van der Waals surface area contributed by atoms with E-state index in [1.165, 1.54) is 4.68 Å². The molecule has 0 radical (unpaired) electrons. The first-order valence-electron chi connectivity index (χ1n) is 13.1. The molecule has 3 aromatic carbocycles. The van der Waals surface area contributed by atoms with Gasteiger partial charge in [-0.25, -0.2) is 18.8 Å². The van der Waals surface area contributed by atoms with E-state index in [-0.39, 0.29) is 17.7 Å². The normalized spacial score (nSPS) is 15.7. The van der Waals surface area contributed by atoms with E-state index in [1.807, 2.05) is 98.8 Å². The summed E-state index contributed by atoms with van der Waals surface area (Å²) in [5.74, 6) is -0.205. The average molecular weight is 512 g/mol. The first-order chi connectivity index (χ1) is 18.6. The highest BCUT2D eigenvalue weighted by atomic mass is 16.5. The van der Waals surface area contributed by atoms with Crippen LogP contribution in [0.1, 0.15) is 37.1 Å². The van der Waals surface area contributed by atoms with Crippen LogP contribution in [0.2, 0.25) is 0 Å². The van der Waals surface area contributed by atoms with Crippen LogP contribution in [0.4, 0.5) is 5.69 Å². The van der Waals surface area contributed by atoms with E-state index in [4.69, 9.17) is 4.74 Å². The van der Waals surface area contributed by atoms with Crippen molar-refractivity contribution in [2.45, 2.75) is 25.9 Å². The molecule has 1 fully saturated rings. The van der Waals surface area contributed by atoms with Gasteiger partial charge in [-0.2, -0.15) is 5.10 Å². The van der Waals surface area contributed by atoms with Gasteiger partial charge in [0.05, 0.1) is 18.3 Å². The van der Waals surface area contributed by atoms with Crippen molar-refractivity contribution < 1.29 is 9.53 Å². The van der Waals surface area contributed by atoms with Crippen molar-refractivity contribution in [1.82, 2.24) is 19.2 Å². The molecule has 1 aromatic heterocycles. The Labute approximate surface area is 222 Å². The maximum Gasteiger partial charge on any atom is 0.350 e. The van der Waals surface area contributed by atoms with Gasteiger partial charge in [-0.1, -0.05) is 60.7 Å². The largest absolute Gasteiger partial charge is 0.465 e. The Kier molecular flexibility index (Phi) is 7.70. The quantitative estimate of drug-likeness (QED) is 0.332. The third kappa shape index (κ3) is 5.26. The molecule has 0 aliphatic carbocycles. The van der Waals surface area contributed by atoms with Crippen LogP contribution in [0.5, 0.6) is 0 Å². The van der Waals surface area contributed by atoms with Crippen LogP contribution >= 0.6 is 0 Å². The minimum absolute atomic E-state index is 0.158. The van der Waals surface area contributed by atoms with Gasteiger partial charge < -0.3 is 9.64 Å². The number of nitrogens with zero attached hydrogens (tertiary/aromatic N) is 5. The van der Waals surface area contributed by atoms with Crippen molar-refractivity contribution in [3.8, 4) is 5.69 Å². The topological polar surface area (TPSA) is 72.6 Å². The third-order valence-electron chi connectivity index (χ3n) is 7.14. The van der Waals surface area contributed by atoms with Gasteiger partial charge in [0, 0.05) is 31.9 Å². The second-order valence-electron chi connectivity index (χ2n) is 9.42. The van der Waals surface area contributed by atoms with Gasteiger partial charge in [-0.15, -0.1) is 0 Å². The summed E-state index contributed by atoms with van der Waals surface area (Å²) in [6.45, 7) is 7.23. The first-order valence-corrected chi connectivity index (χ1v) is 13.1. The zero-order chi connectivity index (χ0) is 26.5. The van der Waals surface area contributed by atoms with Crippen molar-refractivity contribution >= 4 is 11.7 Å². The van der Waals surface area contributed by atoms with Crippen molar-refractivity contribution in [3.63, 3.8) is 0 Å². The number of anilines is 1. The van der Waals surface area contributed by atoms with Crippen molar-refractivity contribution in [1.29, 1.82) is 0 Å². The maximum atomic E-state index is 13.1. The summed E-state index contributed by atoms with van der Waals surface area (Å²) in [5.41, 5.74) is 3.67. The van der Waals surface area contributed by atoms with Crippen LogP contribution in [-0.2, 0) is 9.53 Å². The fraction of sp³-hybridized carbons (Fsp3) is 0.300. The molecule has 2 atom stereocenters. The van der Waals surface area contributed by atoms with E-state index in [0.717, 1.165) is 48.7 Å². The van der Waals surface area contributed by atoms with E-state index in [1.54, 1.807) is 10.9 Å². The van der Waals surface area contributed by atoms with Crippen molar-refractivity contribution in [2.24, 2.45) is 0 Å². The molecule has 8 heteroatoms. The van der Waals surface area contributed by atoms with Gasteiger partial charge >= 0.3 is 11.7 Å². The molecule has 0 bridgehead atoms. The van der Waals surface area contributed by atoms with Crippen LogP contribution in [0.25, 0.3) is 5.69 Å². The van der Waals surface area contributed by atoms with E-state index in [9.17, 15) is 9.59 Å². The second kappa shape index (κ2) is 11.5. The lowest BCUT2D eigenvalue weighted by Crippen LogP contribution is -2.49. The van der Waals surface area contributed by atoms with Crippen LogP contribution in [0, 0.1) is 0 Å². The minimum atomic E-state index is -0.401. The average Bonchev–Trinajstić information content (AvgIpc) is 3.35. The van der Waals surface area contributed by atoms with E-state index in [2.05, 4.69) is 14.9 Å². The van der Waals surface area contributed by atoms with Gasteiger partial charge in [-0.3, -0.25) is 4.90 Å². The van der Waals surface area contributed by atoms with Gasteiger partial charge in [0.15, 0.2) is 0 Å². The number of piperazine rings is 1. The van der Waals surface area contributed by atoms with Crippen molar-refractivity contribution in [3.05, 3.63) is 113 Å². The zero-order valence-corrected chi connectivity index (χ0v) is 21.8. The fourth-order valence-corrected chi connectivity index (χ4v) is 5.05. The molecule has 38 heavy (non-hydrogen) atoms. The monoisotopic (exact) mass is 511 g/mol. The molecule has 0 unspecified atom stereocenters. The number of rotatable bonds is 8. The molecule has 8 nitrogen and oxygen atoms in total. The minimum Gasteiger partial charge on any atom is -0.465 e. The van der Waals surface area contributed by atoms with Crippen LogP contribution in [0.15, 0.2) is 96.1 Å². The number of esters is 1. The highest BCUT2D eigenvalue weighted by Crippen LogP contribution is 2.26. The SMILES string of the molecule is CCOC(=O)[C@H](c1ccccc1)N1CCN(c2ccc(-n3cnn([C@@H](C)c4ccccc4)c3=O)cc2)CC1. The number of hydrogen-bond donors (Lipinski definition) is 0. The summed E-state index contributed by atoms with van der Waals surface area (Å²) >= 11 is 0. The van der Waals surface area contributed by atoms with Crippen molar-refractivity contribution in [2.75, 3.05) is 37.7 Å². The Hall–Kier alpha value is -4.17. The number of carbonyl (C=O) groups is 1. The van der Waals surface area contributed by atoms with Crippen LogP contribution < -0.4 is 10.6 Å². The third-order valence-corrected chi connectivity index (χ3v) is 7.14. The number of carbonyl (C=O) groups excluding carboxylic acids is 1. The highest BCUT2D eigenvalue weighted by Gasteiger charge is 2.31. The Bertz CT molecular complexity index is 1390. The summed E-state index contributed by atoms with van der Waals surface area (Å²) < 4.78 is 8.48. The molecule has 196 valence electrons. The standard InChI is InChI=1S/C30H33N5O3/c1-3-38-29(36)28(25-12-8-5-9-13-25)33-20-18-32(19-21-33)26-14-16-27(17-15-26)34-22-31-35(30(34)37)23(2)24-10-6-4-7-11-24/h4-17,22-23,28H,3,18-21H2,1-2H3/t23-,28-/m0/s1. The summed E-state index contributed by atoms with van der Waals surface area (Å²) in [6, 6.07) is 27.1. The Morgan fingerprint density at radius 3 is 2.03 bits per heavy atom. The van der Waals surface area contributed by atoms with Gasteiger partial charge in [0.25, 0.3) is 0 Å². The number of aromatic nitrogens is 3. The molecular weight excluding hydrogens is 478 g/mol. The Balaban J connectivity index is 1.27. The second-order valence-corrected chi connectivity index (χ2v) is 9.42. The smallest absolute Gasteiger partial charge is 0.350 e. The number of benzene rings is 3. The van der Waals surface area contributed by atoms with E-state index >= 15 is 0 Å². The predicted octanol–water partition coefficient (Wildman–Crippen LogP) is 4.07. The number of hydrogen-bond acceptors (Lipinski definition) is 6. The van der Waals surface area contributed by atoms with E-state index < -0.39 is 6.04 Å². The summed E-state index contributed by atoms with van der Waals surface area (Å²) in [5, 5.41) is 4.37.